The molecule has 0 saturated heterocycles. The lowest BCUT2D eigenvalue weighted by Crippen LogP contribution is -2.16. The van der Waals surface area contributed by atoms with Crippen molar-refractivity contribution in [3.05, 3.63) is 211 Å². The van der Waals surface area contributed by atoms with Crippen LogP contribution in [-0.4, -0.2) is 0 Å². The molecule has 0 unspecified atom stereocenters. The first kappa shape index (κ1) is 33.2. The lowest BCUT2D eigenvalue weighted by molar-refractivity contribution is 0.660. The highest BCUT2D eigenvalue weighted by atomic mass is 16.3. The summed E-state index contributed by atoms with van der Waals surface area (Å²) in [5.74, 6) is 0. The summed E-state index contributed by atoms with van der Waals surface area (Å²) in [6.45, 7) is 4.71. The fourth-order valence-electron chi connectivity index (χ4n) is 9.31. The molecule has 57 heavy (non-hydrogen) atoms. The Hall–Kier alpha value is -7.16. The molecule has 1 heterocycles. The molecule has 9 aromatic carbocycles. The fraction of sp³-hybridized carbons (Fsp3) is 0.0545. The molecule has 0 amide bonds. The molecule has 270 valence electrons. The van der Waals surface area contributed by atoms with Crippen molar-refractivity contribution >= 4 is 49.8 Å². The van der Waals surface area contributed by atoms with Crippen LogP contribution >= 0.6 is 0 Å². The molecular formula is C55H39NO. The monoisotopic (exact) mass is 729 g/mol. The Morgan fingerprint density at radius 1 is 0.386 bits per heavy atom. The van der Waals surface area contributed by atoms with Crippen molar-refractivity contribution < 1.29 is 4.42 Å². The molecule has 0 aliphatic heterocycles. The zero-order valence-electron chi connectivity index (χ0n) is 31.9. The second-order valence-electron chi connectivity index (χ2n) is 15.7. The van der Waals surface area contributed by atoms with Gasteiger partial charge in [0.15, 0.2) is 0 Å². The normalized spacial score (nSPS) is 12.9. The van der Waals surface area contributed by atoms with Crippen LogP contribution in [0.4, 0.5) is 17.1 Å². The van der Waals surface area contributed by atoms with Gasteiger partial charge >= 0.3 is 0 Å². The van der Waals surface area contributed by atoms with Gasteiger partial charge in [-0.2, -0.15) is 0 Å². The molecule has 0 fully saturated rings. The van der Waals surface area contributed by atoms with Crippen LogP contribution in [0.2, 0.25) is 0 Å². The first-order valence-corrected chi connectivity index (χ1v) is 19.8. The maximum Gasteiger partial charge on any atom is 0.136 e. The number of benzene rings is 9. The Bertz CT molecular complexity index is 3150. The van der Waals surface area contributed by atoms with E-state index < -0.39 is 0 Å². The quantitative estimate of drug-likeness (QED) is 0.169. The highest BCUT2D eigenvalue weighted by molar-refractivity contribution is 6.18. The van der Waals surface area contributed by atoms with E-state index in [4.69, 9.17) is 4.42 Å². The van der Waals surface area contributed by atoms with Crippen LogP contribution in [-0.2, 0) is 5.41 Å². The smallest absolute Gasteiger partial charge is 0.136 e. The van der Waals surface area contributed by atoms with Crippen LogP contribution in [0.1, 0.15) is 25.0 Å². The minimum absolute atomic E-state index is 0.122. The number of para-hydroxylation sites is 1. The van der Waals surface area contributed by atoms with Crippen molar-refractivity contribution in [1.82, 2.24) is 0 Å². The van der Waals surface area contributed by atoms with Crippen LogP contribution in [0.25, 0.3) is 77.2 Å². The summed E-state index contributed by atoms with van der Waals surface area (Å²) in [5.41, 5.74) is 17.4. The third-order valence-electron chi connectivity index (χ3n) is 12.1. The molecule has 1 aliphatic rings. The van der Waals surface area contributed by atoms with E-state index in [0.717, 1.165) is 50.1 Å². The maximum absolute atomic E-state index is 6.51. The summed E-state index contributed by atoms with van der Waals surface area (Å²) in [7, 11) is 0. The van der Waals surface area contributed by atoms with Crippen LogP contribution in [0, 0.1) is 0 Å². The lowest BCUT2D eigenvalue weighted by Gasteiger charge is -2.29. The van der Waals surface area contributed by atoms with Gasteiger partial charge in [0.1, 0.15) is 11.2 Å². The SMILES string of the molecule is CC1(C)c2ccccc2-c2ccc(N(c3ccc(-c4ccccc4)cc3)c3cccc(-c4ccc5oc6ccccc6c5c4-c4cccc5ccccc45)c3)cc21. The van der Waals surface area contributed by atoms with Gasteiger partial charge in [0, 0.05) is 38.8 Å². The first-order chi connectivity index (χ1) is 28.0. The third-order valence-corrected chi connectivity index (χ3v) is 12.1. The van der Waals surface area contributed by atoms with Gasteiger partial charge in [-0.05, 0) is 109 Å². The molecule has 11 rings (SSSR count). The maximum atomic E-state index is 6.51. The molecule has 2 nitrogen and oxygen atoms in total. The number of nitrogens with zero attached hydrogens (tertiary/aromatic N) is 1. The second kappa shape index (κ2) is 13.0. The average molecular weight is 730 g/mol. The van der Waals surface area contributed by atoms with Crippen LogP contribution in [0.15, 0.2) is 205 Å². The Labute approximate surface area is 332 Å². The van der Waals surface area contributed by atoms with E-state index in [1.54, 1.807) is 0 Å². The van der Waals surface area contributed by atoms with Crippen LogP contribution in [0.3, 0.4) is 0 Å². The number of hydrogen-bond donors (Lipinski definition) is 0. The Morgan fingerprint density at radius 3 is 1.88 bits per heavy atom. The van der Waals surface area contributed by atoms with Gasteiger partial charge in [-0.15, -0.1) is 0 Å². The predicted molar refractivity (Wildman–Crippen MR) is 240 cm³/mol. The Kier molecular flexibility index (Phi) is 7.55. The van der Waals surface area contributed by atoms with Gasteiger partial charge in [0.2, 0.25) is 0 Å². The molecule has 0 radical (unpaired) electrons. The zero-order valence-corrected chi connectivity index (χ0v) is 31.9. The molecule has 2 heteroatoms. The van der Waals surface area contributed by atoms with Gasteiger partial charge < -0.3 is 9.32 Å². The summed E-state index contributed by atoms with van der Waals surface area (Å²) >= 11 is 0. The van der Waals surface area contributed by atoms with E-state index in [1.807, 2.05) is 6.07 Å². The average Bonchev–Trinajstić information content (AvgIpc) is 3.76. The summed E-state index contributed by atoms with van der Waals surface area (Å²) in [6.07, 6.45) is 0. The largest absolute Gasteiger partial charge is 0.456 e. The standard InChI is InChI=1S/C55H39NO/c1-55(2)49-24-10-8-21-45(49)46-31-30-42(35-50(46)55)56(40-28-26-37(27-29-40)36-14-4-3-5-15-36)41-19-12-18-39(34-41)44-32-33-52-54(48-22-9-11-25-51(48)57-52)53(44)47-23-13-17-38-16-6-7-20-43(38)47/h3-35H,1-2H3. The van der Waals surface area contributed by atoms with Gasteiger partial charge in [0.05, 0.1) is 0 Å². The summed E-state index contributed by atoms with van der Waals surface area (Å²) in [4.78, 5) is 2.42. The summed E-state index contributed by atoms with van der Waals surface area (Å²) < 4.78 is 6.51. The molecule has 0 spiro atoms. The molecule has 0 saturated carbocycles. The van der Waals surface area contributed by atoms with E-state index in [-0.39, 0.29) is 5.41 Å². The number of rotatable bonds is 6. The highest BCUT2D eigenvalue weighted by Gasteiger charge is 2.35. The van der Waals surface area contributed by atoms with Crippen molar-refractivity contribution in [2.24, 2.45) is 0 Å². The van der Waals surface area contributed by atoms with E-state index in [2.05, 4.69) is 213 Å². The number of fused-ring (bicyclic) bond motifs is 7. The molecule has 0 atom stereocenters. The topological polar surface area (TPSA) is 16.4 Å². The zero-order chi connectivity index (χ0) is 38.1. The van der Waals surface area contributed by atoms with Gasteiger partial charge in [-0.1, -0.05) is 166 Å². The number of furan rings is 1. The van der Waals surface area contributed by atoms with Crippen molar-refractivity contribution in [3.63, 3.8) is 0 Å². The molecule has 0 N–H and O–H groups in total. The minimum atomic E-state index is -0.122. The summed E-state index contributed by atoms with van der Waals surface area (Å²) in [6, 6.07) is 72.7. The molecule has 0 bridgehead atoms. The van der Waals surface area contributed by atoms with E-state index in [1.165, 1.54) is 55.3 Å². The molecule has 1 aliphatic carbocycles. The van der Waals surface area contributed by atoms with Crippen molar-refractivity contribution in [3.8, 4) is 44.5 Å². The third kappa shape index (κ3) is 5.33. The molecule has 1 aromatic heterocycles. The van der Waals surface area contributed by atoms with E-state index in [0.29, 0.717) is 0 Å². The van der Waals surface area contributed by atoms with E-state index in [9.17, 15) is 0 Å². The van der Waals surface area contributed by atoms with Crippen molar-refractivity contribution in [2.45, 2.75) is 19.3 Å². The number of hydrogen-bond acceptors (Lipinski definition) is 2. The van der Waals surface area contributed by atoms with E-state index >= 15 is 0 Å². The van der Waals surface area contributed by atoms with Crippen molar-refractivity contribution in [1.29, 1.82) is 0 Å². The highest BCUT2D eigenvalue weighted by Crippen LogP contribution is 2.51. The molecular weight excluding hydrogens is 691 g/mol. The fourth-order valence-corrected chi connectivity index (χ4v) is 9.31. The van der Waals surface area contributed by atoms with Gasteiger partial charge in [-0.25, -0.2) is 0 Å². The summed E-state index contributed by atoms with van der Waals surface area (Å²) in [5, 5.41) is 4.69. The Balaban J connectivity index is 1.13. The van der Waals surface area contributed by atoms with Gasteiger partial charge in [-0.3, -0.25) is 0 Å². The van der Waals surface area contributed by atoms with Crippen LogP contribution in [0.5, 0.6) is 0 Å². The number of anilines is 3. The molecule has 10 aromatic rings. The van der Waals surface area contributed by atoms with Gasteiger partial charge in [0.25, 0.3) is 0 Å². The second-order valence-corrected chi connectivity index (χ2v) is 15.7. The Morgan fingerprint density at radius 2 is 1.00 bits per heavy atom. The lowest BCUT2D eigenvalue weighted by atomic mass is 9.82. The van der Waals surface area contributed by atoms with Crippen LogP contribution < -0.4 is 4.90 Å². The first-order valence-electron chi connectivity index (χ1n) is 19.8. The minimum Gasteiger partial charge on any atom is -0.456 e. The van der Waals surface area contributed by atoms with Crippen molar-refractivity contribution in [2.75, 3.05) is 4.90 Å². The predicted octanol–water partition coefficient (Wildman–Crippen LogP) is 15.5.